The number of aliphatic hydroxyl groups is 2. The number of carbonyl (C=O) groups excluding carboxylic acids is 2. The minimum atomic E-state index is -0.772. The van der Waals surface area contributed by atoms with Gasteiger partial charge in [0.1, 0.15) is 5.75 Å². The van der Waals surface area contributed by atoms with E-state index in [1.54, 1.807) is 24.3 Å². The first-order valence-corrected chi connectivity index (χ1v) is 15.5. The molecule has 1 saturated heterocycles. The van der Waals surface area contributed by atoms with Gasteiger partial charge in [-0.25, -0.2) is 0 Å². The average Bonchev–Trinajstić information content (AvgIpc) is 3.02. The molecule has 45 heavy (non-hydrogen) atoms. The number of rotatable bonds is 15. The number of phenolic OH excluding ortho intramolecular Hbond substituents is 1. The first-order chi connectivity index (χ1) is 21.7. The van der Waals surface area contributed by atoms with E-state index >= 15 is 0 Å². The summed E-state index contributed by atoms with van der Waals surface area (Å²) in [6.07, 6.45) is 1.56. The molecule has 1 aliphatic heterocycles. The van der Waals surface area contributed by atoms with Crippen LogP contribution in [0.15, 0.2) is 72.8 Å². The lowest BCUT2D eigenvalue weighted by atomic mass is 9.99. The highest BCUT2D eigenvalue weighted by atomic mass is 16.7. The highest BCUT2D eigenvalue weighted by Crippen LogP contribution is 2.38. The summed E-state index contributed by atoms with van der Waals surface area (Å²) in [7, 11) is 1.92. The number of unbranched alkanes of at least 4 members (excludes halogenated alkanes) is 2. The van der Waals surface area contributed by atoms with Gasteiger partial charge in [0, 0.05) is 50.7 Å². The normalized spacial score (nSPS) is 18.8. The van der Waals surface area contributed by atoms with Crippen molar-refractivity contribution in [3.63, 3.8) is 0 Å². The molecule has 0 radical (unpaired) electrons. The van der Waals surface area contributed by atoms with Crippen LogP contribution in [0.1, 0.15) is 79.8 Å². The Morgan fingerprint density at radius 2 is 1.71 bits per heavy atom. The molecule has 0 aromatic heterocycles. The van der Waals surface area contributed by atoms with Crippen LogP contribution >= 0.6 is 0 Å². The van der Waals surface area contributed by atoms with Crippen molar-refractivity contribution < 1.29 is 34.4 Å². The smallest absolute Gasteiger partial charge is 0.224 e. The van der Waals surface area contributed by atoms with Gasteiger partial charge < -0.3 is 40.3 Å². The van der Waals surface area contributed by atoms with Gasteiger partial charge >= 0.3 is 0 Å². The number of likely N-dealkylation sites (N-methyl/N-ethyl adjacent to an activating group) is 1. The number of amides is 2. The van der Waals surface area contributed by atoms with Crippen molar-refractivity contribution in [3.8, 4) is 5.75 Å². The summed E-state index contributed by atoms with van der Waals surface area (Å²) in [5.74, 6) is 0.00653. The molecule has 0 unspecified atom stereocenters. The van der Waals surface area contributed by atoms with E-state index in [0.29, 0.717) is 43.7 Å². The SMILES string of the molecule is CC(=O)NCCCCCC(=O)Nc1ccc([C@@H]2O[C@H](CN(C)C[C@@H](O)c3cccc(O)c3)C[C@H](c3ccc(CO)cc3)O2)cc1. The van der Waals surface area contributed by atoms with Gasteiger partial charge in [0.25, 0.3) is 0 Å². The van der Waals surface area contributed by atoms with E-state index in [1.807, 2.05) is 60.5 Å². The van der Waals surface area contributed by atoms with Gasteiger partial charge in [-0.15, -0.1) is 0 Å². The first kappa shape index (κ1) is 34.1. The molecule has 0 aliphatic carbocycles. The van der Waals surface area contributed by atoms with Gasteiger partial charge in [0.2, 0.25) is 11.8 Å². The zero-order chi connectivity index (χ0) is 32.2. The molecule has 0 saturated carbocycles. The Morgan fingerprint density at radius 1 is 0.978 bits per heavy atom. The number of aliphatic hydroxyl groups excluding tert-OH is 2. The second-order valence-electron chi connectivity index (χ2n) is 11.6. The maximum atomic E-state index is 12.4. The molecule has 10 nitrogen and oxygen atoms in total. The van der Waals surface area contributed by atoms with Crippen molar-refractivity contribution in [3.05, 3.63) is 95.1 Å². The molecule has 4 rings (SSSR count). The highest BCUT2D eigenvalue weighted by Gasteiger charge is 2.33. The number of nitrogens with zero attached hydrogens (tertiary/aromatic N) is 1. The molecule has 5 N–H and O–H groups in total. The molecule has 3 aromatic carbocycles. The zero-order valence-corrected chi connectivity index (χ0v) is 26.0. The molecular formula is C35H45N3O7. The number of aromatic hydroxyl groups is 1. The third kappa shape index (κ3) is 10.9. The van der Waals surface area contributed by atoms with Crippen LogP contribution in [-0.2, 0) is 25.7 Å². The van der Waals surface area contributed by atoms with E-state index in [-0.39, 0.29) is 36.4 Å². The van der Waals surface area contributed by atoms with Crippen LogP contribution in [0.3, 0.4) is 0 Å². The molecule has 242 valence electrons. The molecule has 1 aliphatic rings. The molecule has 1 fully saturated rings. The lowest BCUT2D eigenvalue weighted by Crippen LogP contribution is -2.39. The van der Waals surface area contributed by atoms with Crippen molar-refractivity contribution in [2.45, 2.75) is 70.2 Å². The molecular weight excluding hydrogens is 574 g/mol. The number of hydrogen-bond donors (Lipinski definition) is 5. The second kappa shape index (κ2) is 17.0. The number of benzene rings is 3. The Balaban J connectivity index is 1.37. The lowest BCUT2D eigenvalue weighted by Gasteiger charge is -2.38. The fraction of sp³-hybridized carbons (Fsp3) is 0.429. The van der Waals surface area contributed by atoms with Crippen LogP contribution in [0.25, 0.3) is 0 Å². The zero-order valence-electron chi connectivity index (χ0n) is 26.0. The Kier molecular flexibility index (Phi) is 12.9. The van der Waals surface area contributed by atoms with E-state index in [4.69, 9.17) is 9.47 Å². The summed E-state index contributed by atoms with van der Waals surface area (Å²) in [6.45, 7) is 2.98. The van der Waals surface area contributed by atoms with E-state index in [1.165, 1.54) is 6.92 Å². The van der Waals surface area contributed by atoms with Crippen LogP contribution in [0, 0.1) is 0 Å². The van der Waals surface area contributed by atoms with Gasteiger partial charge in [-0.2, -0.15) is 0 Å². The van der Waals surface area contributed by atoms with Crippen molar-refractivity contribution in [1.82, 2.24) is 10.2 Å². The molecule has 10 heteroatoms. The van der Waals surface area contributed by atoms with Crippen LogP contribution in [0.4, 0.5) is 5.69 Å². The number of phenols is 1. The number of ether oxygens (including phenoxy) is 2. The molecule has 1 heterocycles. The third-order valence-electron chi connectivity index (χ3n) is 7.79. The Labute approximate surface area is 265 Å². The molecule has 3 aromatic rings. The molecule has 4 atom stereocenters. The third-order valence-corrected chi connectivity index (χ3v) is 7.79. The van der Waals surface area contributed by atoms with E-state index < -0.39 is 12.4 Å². The average molecular weight is 620 g/mol. The van der Waals surface area contributed by atoms with Crippen LogP contribution in [0.2, 0.25) is 0 Å². The molecule has 0 bridgehead atoms. The Bertz CT molecular complexity index is 1370. The monoisotopic (exact) mass is 619 g/mol. The summed E-state index contributed by atoms with van der Waals surface area (Å²) < 4.78 is 12.9. The highest BCUT2D eigenvalue weighted by molar-refractivity contribution is 5.90. The van der Waals surface area contributed by atoms with Gasteiger partial charge in [0.15, 0.2) is 6.29 Å². The van der Waals surface area contributed by atoms with Crippen LogP contribution in [-0.4, -0.2) is 64.8 Å². The van der Waals surface area contributed by atoms with Crippen LogP contribution < -0.4 is 10.6 Å². The standard InChI is InChI=1S/C35H45N3O7/c1-24(40)36-18-5-3-4-9-34(43)37-29-16-14-27(15-17-29)35-44-31(20-33(45-35)26-12-10-25(23-39)11-13-26)21-38(2)22-32(42)28-7-6-8-30(41)19-28/h6-8,10-17,19,31-33,35,39,41-42H,3-5,9,18,20-23H2,1-2H3,(H,36,40)(H,37,43)/t31-,32+,33+,35+/m0/s1. The quantitative estimate of drug-likeness (QED) is 0.154. The van der Waals surface area contributed by atoms with Crippen molar-refractivity contribution in [2.75, 3.05) is 32.0 Å². The maximum absolute atomic E-state index is 12.4. The largest absolute Gasteiger partial charge is 0.508 e. The van der Waals surface area contributed by atoms with Crippen molar-refractivity contribution in [2.24, 2.45) is 0 Å². The summed E-state index contributed by atoms with van der Waals surface area (Å²) in [6, 6.07) is 21.8. The molecule has 0 spiro atoms. The fourth-order valence-electron chi connectivity index (χ4n) is 5.39. The van der Waals surface area contributed by atoms with Gasteiger partial charge in [0.05, 0.1) is 24.9 Å². The maximum Gasteiger partial charge on any atom is 0.224 e. The predicted octanol–water partition coefficient (Wildman–Crippen LogP) is 4.73. The fourth-order valence-corrected chi connectivity index (χ4v) is 5.39. The number of hydrogen-bond acceptors (Lipinski definition) is 8. The summed E-state index contributed by atoms with van der Waals surface area (Å²) in [5, 5.41) is 35.7. The Morgan fingerprint density at radius 3 is 2.40 bits per heavy atom. The number of nitrogens with one attached hydrogen (secondary N) is 2. The summed E-state index contributed by atoms with van der Waals surface area (Å²) in [5.41, 5.74) is 3.95. The lowest BCUT2D eigenvalue weighted by molar-refractivity contribution is -0.252. The van der Waals surface area contributed by atoms with Crippen molar-refractivity contribution in [1.29, 1.82) is 0 Å². The molecule has 2 amide bonds. The van der Waals surface area contributed by atoms with E-state index in [9.17, 15) is 24.9 Å². The predicted molar refractivity (Wildman–Crippen MR) is 171 cm³/mol. The summed E-state index contributed by atoms with van der Waals surface area (Å²) in [4.78, 5) is 25.4. The second-order valence-corrected chi connectivity index (χ2v) is 11.6. The van der Waals surface area contributed by atoms with Crippen LogP contribution in [0.5, 0.6) is 5.75 Å². The number of carbonyl (C=O) groups is 2. The topological polar surface area (TPSA) is 141 Å². The van der Waals surface area contributed by atoms with Gasteiger partial charge in [-0.1, -0.05) is 55.0 Å². The first-order valence-electron chi connectivity index (χ1n) is 15.5. The van der Waals surface area contributed by atoms with E-state index in [2.05, 4.69) is 10.6 Å². The van der Waals surface area contributed by atoms with Crippen molar-refractivity contribution >= 4 is 17.5 Å². The summed E-state index contributed by atoms with van der Waals surface area (Å²) >= 11 is 0. The van der Waals surface area contributed by atoms with Gasteiger partial charge in [-0.3, -0.25) is 9.59 Å². The minimum Gasteiger partial charge on any atom is -0.508 e. The van der Waals surface area contributed by atoms with Gasteiger partial charge in [-0.05, 0) is 60.8 Å². The number of anilines is 1. The minimum absolute atomic E-state index is 0.0338. The Hall–Kier alpha value is -3.80. The van der Waals surface area contributed by atoms with E-state index in [0.717, 1.165) is 36.0 Å².